The first kappa shape index (κ1) is 19.4. The second-order valence-electron chi connectivity index (χ2n) is 4.57. The molecule has 1 aromatic rings. The maximum absolute atomic E-state index is 11.7. The molecule has 0 heterocycles. The van der Waals surface area contributed by atoms with Gasteiger partial charge in [0, 0.05) is 30.9 Å². The quantitative estimate of drug-likeness (QED) is 0.743. The zero-order valence-corrected chi connectivity index (χ0v) is 13.2. The van der Waals surface area contributed by atoms with Crippen molar-refractivity contribution in [3.63, 3.8) is 0 Å². The summed E-state index contributed by atoms with van der Waals surface area (Å²) in [6.07, 6.45) is -0.537. The number of hydrogen-bond acceptors (Lipinski definition) is 4. The van der Waals surface area contributed by atoms with Crippen LogP contribution in [0.2, 0.25) is 0 Å². The van der Waals surface area contributed by atoms with E-state index in [1.54, 1.807) is 38.1 Å². The number of nitrogens with one attached hydrogen (secondary N) is 2. The summed E-state index contributed by atoms with van der Waals surface area (Å²) in [5.74, 6) is -0.658. The summed E-state index contributed by atoms with van der Waals surface area (Å²) in [6, 6.07) is 6.91. The molecule has 6 nitrogen and oxygen atoms in total. The van der Waals surface area contributed by atoms with Crippen molar-refractivity contribution < 1.29 is 14.3 Å². The molecule has 0 bridgehead atoms. The minimum atomic E-state index is -0.537. The lowest BCUT2D eigenvalue weighted by Gasteiger charge is -2.13. The number of methoxy groups -OCH3 is 1. The predicted octanol–water partition coefficient (Wildman–Crippen LogP) is 1.62. The molecule has 2 unspecified atom stereocenters. The number of carbonyl (C=O) groups is 2. The number of benzene rings is 1. The molecular formula is C14H22ClN3O3. The zero-order valence-electron chi connectivity index (χ0n) is 12.4. The molecule has 2 atom stereocenters. The number of halogens is 1. The molecule has 0 aliphatic rings. The number of nitrogens with two attached hydrogens (primary N) is 1. The first-order valence-electron chi connectivity index (χ1n) is 6.42. The van der Waals surface area contributed by atoms with E-state index in [0.29, 0.717) is 11.4 Å². The first-order chi connectivity index (χ1) is 9.47. The Morgan fingerprint density at radius 2 is 1.71 bits per heavy atom. The number of hydrogen-bond donors (Lipinski definition) is 3. The van der Waals surface area contributed by atoms with Gasteiger partial charge in [0.15, 0.2) is 0 Å². The molecule has 118 valence electrons. The highest BCUT2D eigenvalue weighted by molar-refractivity contribution is 5.96. The number of carbonyl (C=O) groups excluding carboxylic acids is 2. The Bertz CT molecular complexity index is 443. The average molecular weight is 316 g/mol. The van der Waals surface area contributed by atoms with Gasteiger partial charge < -0.3 is 21.1 Å². The van der Waals surface area contributed by atoms with E-state index >= 15 is 0 Å². The van der Waals surface area contributed by atoms with E-state index in [4.69, 9.17) is 10.5 Å². The third-order valence-corrected chi connectivity index (χ3v) is 2.92. The van der Waals surface area contributed by atoms with Crippen LogP contribution >= 0.6 is 12.4 Å². The number of anilines is 2. The van der Waals surface area contributed by atoms with Gasteiger partial charge in [-0.15, -0.1) is 12.4 Å². The Morgan fingerprint density at radius 3 is 2.19 bits per heavy atom. The zero-order chi connectivity index (χ0) is 15.1. The first-order valence-corrected chi connectivity index (χ1v) is 6.42. The molecule has 2 amide bonds. The van der Waals surface area contributed by atoms with Gasteiger partial charge in [-0.2, -0.15) is 0 Å². The molecule has 0 fully saturated rings. The van der Waals surface area contributed by atoms with Crippen LogP contribution < -0.4 is 16.4 Å². The average Bonchev–Trinajstić information content (AvgIpc) is 2.45. The highest BCUT2D eigenvalue weighted by Crippen LogP contribution is 2.16. The molecule has 0 radical (unpaired) electrons. The van der Waals surface area contributed by atoms with Crippen LogP contribution in [-0.4, -0.2) is 31.6 Å². The van der Waals surface area contributed by atoms with E-state index in [1.807, 2.05) is 0 Å². The van der Waals surface area contributed by atoms with Crippen LogP contribution in [0.25, 0.3) is 0 Å². The summed E-state index contributed by atoms with van der Waals surface area (Å²) in [6.45, 7) is 3.69. The number of ether oxygens (including phenoxy) is 1. The molecule has 0 aliphatic carbocycles. The molecule has 0 aromatic heterocycles. The van der Waals surface area contributed by atoms with Crippen LogP contribution in [0.15, 0.2) is 24.3 Å². The summed E-state index contributed by atoms with van der Waals surface area (Å²) in [7, 11) is 1.47. The lowest BCUT2D eigenvalue weighted by Crippen LogP contribution is -2.27. The van der Waals surface area contributed by atoms with Crippen LogP contribution in [0.3, 0.4) is 0 Å². The van der Waals surface area contributed by atoms with Crippen molar-refractivity contribution in [2.75, 3.05) is 24.3 Å². The summed E-state index contributed by atoms with van der Waals surface area (Å²) < 4.78 is 4.93. The SMILES string of the molecule is COC(C)C(=O)Nc1cccc(NC(=O)C(C)CN)c1.Cl. The number of amides is 2. The minimum absolute atomic E-state index is 0. The summed E-state index contributed by atoms with van der Waals surface area (Å²) in [5, 5.41) is 5.46. The van der Waals surface area contributed by atoms with Crippen molar-refractivity contribution in [1.82, 2.24) is 0 Å². The molecule has 7 heteroatoms. The molecule has 21 heavy (non-hydrogen) atoms. The van der Waals surface area contributed by atoms with Crippen LogP contribution in [0.1, 0.15) is 13.8 Å². The van der Waals surface area contributed by atoms with Gasteiger partial charge in [0.1, 0.15) is 6.10 Å². The Kier molecular flexibility index (Phi) is 8.61. The lowest BCUT2D eigenvalue weighted by atomic mass is 10.1. The van der Waals surface area contributed by atoms with Crippen molar-refractivity contribution >= 4 is 35.6 Å². The van der Waals surface area contributed by atoms with Crippen LogP contribution in [0.4, 0.5) is 11.4 Å². The Hall–Kier alpha value is -1.63. The van der Waals surface area contributed by atoms with E-state index in [2.05, 4.69) is 10.6 Å². The largest absolute Gasteiger partial charge is 0.372 e. The van der Waals surface area contributed by atoms with Gasteiger partial charge in [0.25, 0.3) is 5.91 Å². The summed E-state index contributed by atoms with van der Waals surface area (Å²) in [4.78, 5) is 23.4. The second-order valence-corrected chi connectivity index (χ2v) is 4.57. The van der Waals surface area contributed by atoms with Gasteiger partial charge in [-0.05, 0) is 25.1 Å². The normalized spacial score (nSPS) is 12.8. The molecule has 0 aliphatic heterocycles. The fraction of sp³-hybridized carbons (Fsp3) is 0.429. The second kappa shape index (κ2) is 9.33. The van der Waals surface area contributed by atoms with E-state index in [-0.39, 0.29) is 36.7 Å². The van der Waals surface area contributed by atoms with Crippen molar-refractivity contribution in [2.45, 2.75) is 20.0 Å². The topological polar surface area (TPSA) is 93.5 Å². The number of rotatable bonds is 6. The highest BCUT2D eigenvalue weighted by Gasteiger charge is 2.13. The van der Waals surface area contributed by atoms with Crippen LogP contribution in [-0.2, 0) is 14.3 Å². The van der Waals surface area contributed by atoms with E-state index in [1.165, 1.54) is 7.11 Å². The van der Waals surface area contributed by atoms with E-state index in [9.17, 15) is 9.59 Å². The Balaban J connectivity index is 0.00000400. The molecule has 1 aromatic carbocycles. The molecule has 0 saturated carbocycles. The van der Waals surface area contributed by atoms with Crippen molar-refractivity contribution in [3.8, 4) is 0 Å². The Labute approximate surface area is 130 Å². The van der Waals surface area contributed by atoms with Crippen molar-refractivity contribution in [1.29, 1.82) is 0 Å². The summed E-state index contributed by atoms with van der Waals surface area (Å²) in [5.41, 5.74) is 6.64. The van der Waals surface area contributed by atoms with Gasteiger partial charge in [-0.1, -0.05) is 13.0 Å². The third kappa shape index (κ3) is 6.12. The fourth-order valence-electron chi connectivity index (χ4n) is 1.40. The third-order valence-electron chi connectivity index (χ3n) is 2.92. The van der Waals surface area contributed by atoms with E-state index in [0.717, 1.165) is 0 Å². The van der Waals surface area contributed by atoms with Crippen molar-refractivity contribution in [2.24, 2.45) is 11.7 Å². The summed E-state index contributed by atoms with van der Waals surface area (Å²) >= 11 is 0. The molecule has 0 spiro atoms. The highest BCUT2D eigenvalue weighted by atomic mass is 35.5. The molecule has 4 N–H and O–H groups in total. The van der Waals surface area contributed by atoms with Crippen LogP contribution in [0, 0.1) is 5.92 Å². The molecule has 0 saturated heterocycles. The maximum Gasteiger partial charge on any atom is 0.253 e. The fourth-order valence-corrected chi connectivity index (χ4v) is 1.40. The van der Waals surface area contributed by atoms with Crippen molar-refractivity contribution in [3.05, 3.63) is 24.3 Å². The van der Waals surface area contributed by atoms with E-state index < -0.39 is 6.10 Å². The van der Waals surface area contributed by atoms with Gasteiger partial charge in [0.2, 0.25) is 5.91 Å². The maximum atomic E-state index is 11.7. The predicted molar refractivity (Wildman–Crippen MR) is 85.6 cm³/mol. The standard InChI is InChI=1S/C14H21N3O3.ClH/c1-9(8-15)13(18)16-11-5-4-6-12(7-11)17-14(19)10(2)20-3;/h4-7,9-10H,8,15H2,1-3H3,(H,16,18)(H,17,19);1H. The Morgan fingerprint density at radius 1 is 1.19 bits per heavy atom. The molecular weight excluding hydrogens is 294 g/mol. The van der Waals surface area contributed by atoms with Gasteiger partial charge in [-0.25, -0.2) is 0 Å². The van der Waals surface area contributed by atoms with Gasteiger partial charge in [0.05, 0.1) is 0 Å². The monoisotopic (exact) mass is 315 g/mol. The van der Waals surface area contributed by atoms with Gasteiger partial charge >= 0.3 is 0 Å². The lowest BCUT2D eigenvalue weighted by molar-refractivity contribution is -0.124. The van der Waals surface area contributed by atoms with Crippen LogP contribution in [0.5, 0.6) is 0 Å². The molecule has 1 rings (SSSR count). The smallest absolute Gasteiger partial charge is 0.253 e. The minimum Gasteiger partial charge on any atom is -0.372 e. The van der Waals surface area contributed by atoms with Gasteiger partial charge in [-0.3, -0.25) is 9.59 Å².